The van der Waals surface area contributed by atoms with Gasteiger partial charge in [0.05, 0.1) is 4.92 Å². The molecule has 0 spiro atoms. The number of nitrogens with zero attached hydrogens (tertiary/aromatic N) is 2. The summed E-state index contributed by atoms with van der Waals surface area (Å²) in [5.74, 6) is -0.698. The lowest BCUT2D eigenvalue weighted by Crippen LogP contribution is -2.39. The molecule has 25 heavy (non-hydrogen) atoms. The van der Waals surface area contributed by atoms with Crippen LogP contribution >= 0.6 is 0 Å². The predicted molar refractivity (Wildman–Crippen MR) is 96.7 cm³/mol. The molecule has 1 aromatic rings. The van der Waals surface area contributed by atoms with E-state index in [1.54, 1.807) is 6.07 Å². The fourth-order valence-corrected chi connectivity index (χ4v) is 2.72. The number of carbonyl (C=O) groups excluding carboxylic acids is 1. The Hall–Kier alpha value is -2.88. The second-order valence-corrected chi connectivity index (χ2v) is 7.66. The fraction of sp³-hybridized carbons (Fsp3) is 0.444. The maximum Gasteiger partial charge on any atom is 0.292 e. The number of amides is 1. The Morgan fingerprint density at radius 1 is 1.28 bits per heavy atom. The SMILES string of the molecule is CC(C)(C)CC(C)(C)N/C=C(/C#N)C(=O)Nc1ccccc1[N+](=O)[O-]. The van der Waals surface area contributed by atoms with Crippen molar-refractivity contribution >= 4 is 17.3 Å². The number of anilines is 1. The van der Waals surface area contributed by atoms with Crippen LogP contribution in [0.2, 0.25) is 0 Å². The van der Waals surface area contributed by atoms with Crippen molar-refractivity contribution in [3.63, 3.8) is 0 Å². The number of nitriles is 1. The Bertz CT molecular complexity index is 725. The lowest BCUT2D eigenvalue weighted by Gasteiger charge is -2.33. The van der Waals surface area contributed by atoms with Gasteiger partial charge in [0, 0.05) is 17.8 Å². The molecule has 0 aliphatic rings. The third kappa shape index (κ3) is 6.63. The number of hydrogen-bond donors (Lipinski definition) is 2. The van der Waals surface area contributed by atoms with Crippen LogP contribution in [0.5, 0.6) is 0 Å². The van der Waals surface area contributed by atoms with E-state index in [4.69, 9.17) is 0 Å². The maximum absolute atomic E-state index is 12.3. The van der Waals surface area contributed by atoms with Crippen molar-refractivity contribution in [3.05, 3.63) is 46.2 Å². The minimum atomic E-state index is -0.698. The summed E-state index contributed by atoms with van der Waals surface area (Å²) >= 11 is 0. The first kappa shape index (κ1) is 20.2. The van der Waals surface area contributed by atoms with Crippen molar-refractivity contribution in [2.75, 3.05) is 5.32 Å². The molecule has 0 radical (unpaired) electrons. The number of nitrogens with one attached hydrogen (secondary N) is 2. The van der Waals surface area contributed by atoms with Crippen LogP contribution in [0.4, 0.5) is 11.4 Å². The summed E-state index contributed by atoms with van der Waals surface area (Å²) in [5, 5.41) is 25.7. The molecule has 1 amide bonds. The molecule has 2 N–H and O–H groups in total. The van der Waals surface area contributed by atoms with Crippen molar-refractivity contribution in [3.8, 4) is 6.07 Å². The van der Waals surface area contributed by atoms with E-state index in [2.05, 4.69) is 31.4 Å². The first-order valence-corrected chi connectivity index (χ1v) is 7.88. The molecule has 7 nitrogen and oxygen atoms in total. The number of para-hydroxylation sites is 2. The van der Waals surface area contributed by atoms with E-state index >= 15 is 0 Å². The Morgan fingerprint density at radius 2 is 1.88 bits per heavy atom. The zero-order valence-corrected chi connectivity index (χ0v) is 15.2. The monoisotopic (exact) mass is 344 g/mol. The molecule has 0 atom stereocenters. The maximum atomic E-state index is 12.3. The molecule has 134 valence electrons. The van der Waals surface area contributed by atoms with Crippen LogP contribution in [0.15, 0.2) is 36.0 Å². The Balaban J connectivity index is 2.92. The molecule has 1 aromatic carbocycles. The number of hydrogen-bond acceptors (Lipinski definition) is 5. The van der Waals surface area contributed by atoms with Gasteiger partial charge in [-0.05, 0) is 31.7 Å². The van der Waals surface area contributed by atoms with Crippen LogP contribution in [-0.4, -0.2) is 16.4 Å². The minimum absolute atomic E-state index is 0.0487. The Kier molecular flexibility index (Phi) is 6.29. The molecule has 0 fully saturated rings. The first-order valence-electron chi connectivity index (χ1n) is 7.88. The van der Waals surface area contributed by atoms with Crippen LogP contribution in [0.25, 0.3) is 0 Å². The zero-order chi connectivity index (χ0) is 19.3. The van der Waals surface area contributed by atoms with Crippen molar-refractivity contribution in [2.45, 2.75) is 46.6 Å². The number of carbonyl (C=O) groups is 1. The average molecular weight is 344 g/mol. The molecular weight excluding hydrogens is 320 g/mol. The molecule has 0 unspecified atom stereocenters. The van der Waals surface area contributed by atoms with E-state index in [0.717, 1.165) is 6.42 Å². The normalized spacial score (nSPS) is 12.2. The largest absolute Gasteiger partial charge is 0.385 e. The van der Waals surface area contributed by atoms with E-state index in [9.17, 15) is 20.2 Å². The average Bonchev–Trinajstić information content (AvgIpc) is 2.45. The molecule has 0 saturated heterocycles. The van der Waals surface area contributed by atoms with E-state index in [-0.39, 0.29) is 27.9 Å². The smallest absolute Gasteiger partial charge is 0.292 e. The number of nitro groups is 1. The van der Waals surface area contributed by atoms with Gasteiger partial charge in [0.2, 0.25) is 0 Å². The van der Waals surface area contributed by atoms with Crippen molar-refractivity contribution in [1.29, 1.82) is 5.26 Å². The first-order chi connectivity index (χ1) is 11.4. The third-order valence-electron chi connectivity index (χ3n) is 3.29. The van der Waals surface area contributed by atoms with Crippen molar-refractivity contribution in [1.82, 2.24) is 5.32 Å². The van der Waals surface area contributed by atoms with Crippen LogP contribution in [0, 0.1) is 26.9 Å². The summed E-state index contributed by atoms with van der Waals surface area (Å²) in [6.07, 6.45) is 2.18. The lowest BCUT2D eigenvalue weighted by molar-refractivity contribution is -0.383. The van der Waals surface area contributed by atoms with Gasteiger partial charge in [0.25, 0.3) is 11.6 Å². The van der Waals surface area contributed by atoms with E-state index < -0.39 is 10.8 Å². The van der Waals surface area contributed by atoms with Crippen LogP contribution < -0.4 is 10.6 Å². The van der Waals surface area contributed by atoms with E-state index in [0.29, 0.717) is 0 Å². The van der Waals surface area contributed by atoms with Gasteiger partial charge < -0.3 is 10.6 Å². The molecule has 0 aliphatic carbocycles. The second-order valence-electron chi connectivity index (χ2n) is 7.66. The number of benzene rings is 1. The van der Waals surface area contributed by atoms with Gasteiger partial charge in [0.1, 0.15) is 17.3 Å². The van der Waals surface area contributed by atoms with Gasteiger partial charge in [-0.15, -0.1) is 0 Å². The van der Waals surface area contributed by atoms with Gasteiger partial charge in [-0.1, -0.05) is 32.9 Å². The molecule has 0 bridgehead atoms. The predicted octanol–water partition coefficient (Wildman–Crippen LogP) is 3.75. The summed E-state index contributed by atoms with van der Waals surface area (Å²) in [4.78, 5) is 22.7. The quantitative estimate of drug-likeness (QED) is 0.354. The summed E-state index contributed by atoms with van der Waals surface area (Å²) in [5.41, 5.74) is -0.578. The number of nitro benzene ring substituents is 1. The highest BCUT2D eigenvalue weighted by molar-refractivity contribution is 6.07. The molecule has 1 rings (SSSR count). The fourth-order valence-electron chi connectivity index (χ4n) is 2.72. The molecule has 0 heterocycles. The number of rotatable bonds is 6. The molecule has 0 aromatic heterocycles. The molecule has 0 saturated carbocycles. The van der Waals surface area contributed by atoms with Gasteiger partial charge in [-0.25, -0.2) is 0 Å². The van der Waals surface area contributed by atoms with E-state index in [1.807, 2.05) is 19.9 Å². The summed E-state index contributed by atoms with van der Waals surface area (Å²) < 4.78 is 0. The van der Waals surface area contributed by atoms with Gasteiger partial charge in [0.15, 0.2) is 0 Å². The Morgan fingerprint density at radius 3 is 2.40 bits per heavy atom. The molecular formula is C18H24N4O3. The molecule has 0 aliphatic heterocycles. The van der Waals surface area contributed by atoms with Gasteiger partial charge in [-0.3, -0.25) is 14.9 Å². The van der Waals surface area contributed by atoms with Gasteiger partial charge >= 0.3 is 0 Å². The highest BCUT2D eigenvalue weighted by Crippen LogP contribution is 2.27. The standard InChI is InChI=1S/C18H24N4O3/c1-17(2,3)12-18(4,5)20-11-13(10-19)16(23)21-14-8-6-7-9-15(14)22(24)25/h6-9,11,20H,12H2,1-5H3,(H,21,23)/b13-11-. The summed E-state index contributed by atoms with van der Waals surface area (Å²) in [7, 11) is 0. The Labute approximate surface area is 147 Å². The van der Waals surface area contributed by atoms with Crippen LogP contribution in [-0.2, 0) is 4.79 Å². The second kappa shape index (κ2) is 7.79. The van der Waals surface area contributed by atoms with Crippen molar-refractivity contribution < 1.29 is 9.72 Å². The van der Waals surface area contributed by atoms with E-state index in [1.165, 1.54) is 24.4 Å². The zero-order valence-electron chi connectivity index (χ0n) is 15.2. The highest BCUT2D eigenvalue weighted by Gasteiger charge is 2.25. The highest BCUT2D eigenvalue weighted by atomic mass is 16.6. The lowest BCUT2D eigenvalue weighted by atomic mass is 9.82. The summed E-state index contributed by atoms with van der Waals surface area (Å²) in [6, 6.07) is 7.61. The third-order valence-corrected chi connectivity index (χ3v) is 3.29. The molecule has 7 heteroatoms. The van der Waals surface area contributed by atoms with Gasteiger partial charge in [-0.2, -0.15) is 5.26 Å². The summed E-state index contributed by atoms with van der Waals surface area (Å²) in [6.45, 7) is 10.3. The van der Waals surface area contributed by atoms with Crippen molar-refractivity contribution in [2.24, 2.45) is 5.41 Å². The van der Waals surface area contributed by atoms with Crippen LogP contribution in [0.1, 0.15) is 41.0 Å². The topological polar surface area (TPSA) is 108 Å². The van der Waals surface area contributed by atoms with Crippen LogP contribution in [0.3, 0.4) is 0 Å². The minimum Gasteiger partial charge on any atom is -0.385 e.